The van der Waals surface area contributed by atoms with Crippen molar-refractivity contribution in [3.8, 4) is 11.6 Å². The number of pyridine rings is 1. The third-order valence-corrected chi connectivity index (χ3v) is 4.27. The van der Waals surface area contributed by atoms with Crippen LogP contribution in [-0.4, -0.2) is 15.1 Å². The summed E-state index contributed by atoms with van der Waals surface area (Å²) in [6.45, 7) is 2.03. The molecule has 3 aromatic rings. The van der Waals surface area contributed by atoms with E-state index in [1.165, 1.54) is 5.56 Å². The molecule has 1 aromatic carbocycles. The number of benzene rings is 1. The topological polar surface area (TPSA) is 51.8 Å². The van der Waals surface area contributed by atoms with Gasteiger partial charge in [0.1, 0.15) is 5.69 Å². The summed E-state index contributed by atoms with van der Waals surface area (Å²) in [7, 11) is 0. The van der Waals surface area contributed by atoms with Crippen LogP contribution in [0.3, 0.4) is 0 Å². The summed E-state index contributed by atoms with van der Waals surface area (Å²) in [5.74, 6) is 1.33. The van der Waals surface area contributed by atoms with Crippen LogP contribution in [0.5, 0.6) is 0 Å². The Morgan fingerprint density at radius 2 is 1.95 bits per heavy atom. The van der Waals surface area contributed by atoms with Crippen LogP contribution in [-0.2, 0) is 11.8 Å². The maximum Gasteiger partial charge on any atom is 0.276 e. The van der Waals surface area contributed by atoms with Crippen molar-refractivity contribution in [2.24, 2.45) is 0 Å². The summed E-state index contributed by atoms with van der Waals surface area (Å²) >= 11 is 0. The molecule has 22 heavy (non-hydrogen) atoms. The van der Waals surface area contributed by atoms with Crippen LogP contribution >= 0.6 is 0 Å². The molecule has 0 saturated heterocycles. The number of nitrogens with zero attached hydrogens (tertiary/aromatic N) is 3. The summed E-state index contributed by atoms with van der Waals surface area (Å²) in [4.78, 5) is 8.93. The normalized spacial score (nSPS) is 15.7. The van der Waals surface area contributed by atoms with E-state index in [0.717, 1.165) is 36.3 Å². The van der Waals surface area contributed by atoms with Crippen molar-refractivity contribution in [1.82, 2.24) is 15.1 Å². The number of hydrogen-bond donors (Lipinski definition) is 0. The van der Waals surface area contributed by atoms with Gasteiger partial charge in [0.2, 0.25) is 0 Å². The van der Waals surface area contributed by atoms with Crippen molar-refractivity contribution in [2.75, 3.05) is 0 Å². The Bertz CT molecular complexity index is 791. The summed E-state index contributed by atoms with van der Waals surface area (Å²) in [6.07, 6.45) is 4.96. The fourth-order valence-electron chi connectivity index (χ4n) is 2.81. The van der Waals surface area contributed by atoms with Gasteiger partial charge in [-0.25, -0.2) is 0 Å². The van der Waals surface area contributed by atoms with Crippen molar-refractivity contribution in [3.05, 3.63) is 65.6 Å². The molecule has 0 spiro atoms. The highest BCUT2D eigenvalue weighted by atomic mass is 16.5. The molecule has 1 aliphatic rings. The Morgan fingerprint density at radius 3 is 2.68 bits per heavy atom. The molecular weight excluding hydrogens is 274 g/mol. The predicted molar refractivity (Wildman–Crippen MR) is 83.3 cm³/mol. The van der Waals surface area contributed by atoms with Gasteiger partial charge < -0.3 is 4.52 Å². The molecule has 4 heteroatoms. The first-order chi connectivity index (χ1) is 10.8. The number of aromatic nitrogens is 3. The monoisotopic (exact) mass is 291 g/mol. The molecule has 0 amide bonds. The number of hydrogen-bond acceptors (Lipinski definition) is 4. The van der Waals surface area contributed by atoms with Gasteiger partial charge in [0, 0.05) is 11.6 Å². The molecule has 0 bridgehead atoms. The first kappa shape index (κ1) is 13.2. The smallest absolute Gasteiger partial charge is 0.276 e. The minimum Gasteiger partial charge on any atom is -0.332 e. The van der Waals surface area contributed by atoms with E-state index in [-0.39, 0.29) is 5.41 Å². The second kappa shape index (κ2) is 5.05. The second-order valence-corrected chi connectivity index (χ2v) is 6.08. The lowest BCUT2D eigenvalue weighted by Gasteiger charge is -2.09. The maximum atomic E-state index is 5.45. The average Bonchev–Trinajstić information content (AvgIpc) is 3.13. The Balaban J connectivity index is 1.61. The highest BCUT2D eigenvalue weighted by Crippen LogP contribution is 2.49. The van der Waals surface area contributed by atoms with Crippen molar-refractivity contribution >= 4 is 0 Å². The molecule has 4 nitrogen and oxygen atoms in total. The molecule has 1 saturated carbocycles. The molecule has 4 rings (SSSR count). The van der Waals surface area contributed by atoms with Crippen LogP contribution in [0, 0.1) is 6.92 Å². The molecular formula is C18H17N3O. The molecule has 0 radical (unpaired) electrons. The molecule has 0 aliphatic heterocycles. The minimum atomic E-state index is 0.0485. The van der Waals surface area contributed by atoms with Crippen LogP contribution in [0.25, 0.3) is 11.6 Å². The van der Waals surface area contributed by atoms with Crippen molar-refractivity contribution in [1.29, 1.82) is 0 Å². The largest absolute Gasteiger partial charge is 0.332 e. The Kier molecular flexibility index (Phi) is 3.03. The SMILES string of the molecule is Cc1ccnc(-c2nc(C3(Cc4ccccc4)CC3)no2)c1. The third kappa shape index (κ3) is 2.41. The Hall–Kier alpha value is -2.49. The van der Waals surface area contributed by atoms with Crippen LogP contribution < -0.4 is 0 Å². The van der Waals surface area contributed by atoms with E-state index in [9.17, 15) is 0 Å². The molecule has 0 atom stereocenters. The van der Waals surface area contributed by atoms with Crippen molar-refractivity contribution in [3.63, 3.8) is 0 Å². The summed E-state index contributed by atoms with van der Waals surface area (Å²) in [5.41, 5.74) is 3.25. The third-order valence-electron chi connectivity index (χ3n) is 4.27. The molecule has 1 fully saturated rings. The van der Waals surface area contributed by atoms with E-state index in [1.54, 1.807) is 6.20 Å². The van der Waals surface area contributed by atoms with E-state index in [2.05, 4.69) is 39.4 Å². The van der Waals surface area contributed by atoms with Gasteiger partial charge in [-0.15, -0.1) is 0 Å². The van der Waals surface area contributed by atoms with Crippen LogP contribution in [0.2, 0.25) is 0 Å². The van der Waals surface area contributed by atoms with Crippen molar-refractivity contribution < 1.29 is 4.52 Å². The molecule has 0 unspecified atom stereocenters. The predicted octanol–water partition coefficient (Wildman–Crippen LogP) is 3.71. The fourth-order valence-corrected chi connectivity index (χ4v) is 2.81. The first-order valence-corrected chi connectivity index (χ1v) is 7.56. The minimum absolute atomic E-state index is 0.0485. The first-order valence-electron chi connectivity index (χ1n) is 7.56. The van der Waals surface area contributed by atoms with Gasteiger partial charge in [-0.3, -0.25) is 4.98 Å². The standard InChI is InChI=1S/C18H17N3O/c1-13-7-10-19-15(11-13)16-20-17(21-22-16)18(8-9-18)12-14-5-3-2-4-6-14/h2-7,10-11H,8-9,12H2,1H3. The molecule has 110 valence electrons. The number of rotatable bonds is 4. The molecule has 2 aromatic heterocycles. The lowest BCUT2D eigenvalue weighted by Crippen LogP contribution is -2.12. The van der Waals surface area contributed by atoms with Gasteiger partial charge in [0.05, 0.1) is 0 Å². The van der Waals surface area contributed by atoms with Gasteiger partial charge in [-0.2, -0.15) is 4.98 Å². The van der Waals surface area contributed by atoms with Gasteiger partial charge in [-0.05, 0) is 49.4 Å². The molecule has 1 aliphatic carbocycles. The fraction of sp³-hybridized carbons (Fsp3) is 0.278. The maximum absolute atomic E-state index is 5.45. The van der Waals surface area contributed by atoms with Gasteiger partial charge >= 0.3 is 0 Å². The van der Waals surface area contributed by atoms with Gasteiger partial charge in [-0.1, -0.05) is 35.5 Å². The van der Waals surface area contributed by atoms with E-state index in [0.29, 0.717) is 5.89 Å². The van der Waals surface area contributed by atoms with Crippen LogP contribution in [0.1, 0.15) is 29.8 Å². The van der Waals surface area contributed by atoms with E-state index in [1.807, 2.05) is 25.1 Å². The van der Waals surface area contributed by atoms with Crippen LogP contribution in [0.4, 0.5) is 0 Å². The number of aryl methyl sites for hydroxylation is 1. The summed E-state index contributed by atoms with van der Waals surface area (Å²) in [6, 6.07) is 14.4. The summed E-state index contributed by atoms with van der Waals surface area (Å²) in [5, 5.41) is 4.23. The highest BCUT2D eigenvalue weighted by molar-refractivity contribution is 5.48. The van der Waals surface area contributed by atoms with Gasteiger partial charge in [0.15, 0.2) is 5.82 Å². The lowest BCUT2D eigenvalue weighted by molar-refractivity contribution is 0.411. The Morgan fingerprint density at radius 1 is 1.14 bits per heavy atom. The van der Waals surface area contributed by atoms with Crippen molar-refractivity contribution in [2.45, 2.75) is 31.6 Å². The van der Waals surface area contributed by atoms with E-state index >= 15 is 0 Å². The molecule has 2 heterocycles. The second-order valence-electron chi connectivity index (χ2n) is 6.08. The zero-order valence-electron chi connectivity index (χ0n) is 12.5. The highest BCUT2D eigenvalue weighted by Gasteiger charge is 2.48. The van der Waals surface area contributed by atoms with E-state index < -0.39 is 0 Å². The van der Waals surface area contributed by atoms with Crippen LogP contribution in [0.15, 0.2) is 53.2 Å². The summed E-state index contributed by atoms with van der Waals surface area (Å²) < 4.78 is 5.45. The van der Waals surface area contributed by atoms with E-state index in [4.69, 9.17) is 4.52 Å². The van der Waals surface area contributed by atoms with Gasteiger partial charge in [0.25, 0.3) is 5.89 Å². The average molecular weight is 291 g/mol. The zero-order chi connectivity index (χ0) is 15.0. The molecule has 0 N–H and O–H groups in total. The zero-order valence-corrected chi connectivity index (χ0v) is 12.5. The Labute approximate surface area is 129 Å². The quantitative estimate of drug-likeness (QED) is 0.735. The lowest BCUT2D eigenvalue weighted by atomic mass is 9.96.